The Balaban J connectivity index is 3.09. The summed E-state index contributed by atoms with van der Waals surface area (Å²) in [6, 6.07) is 0. The molecule has 2 heteroatoms. The molecule has 10 heavy (non-hydrogen) atoms. The summed E-state index contributed by atoms with van der Waals surface area (Å²) in [6.45, 7) is 10.3. The summed E-state index contributed by atoms with van der Waals surface area (Å²) in [4.78, 5) is 2.26. The molecule has 0 aliphatic rings. The second-order valence-electron chi connectivity index (χ2n) is 2.34. The van der Waals surface area contributed by atoms with Gasteiger partial charge in [0.15, 0.2) is 0 Å². The molecule has 0 aliphatic heterocycles. The van der Waals surface area contributed by atoms with E-state index in [1.54, 1.807) is 0 Å². The Morgan fingerprint density at radius 1 is 1.10 bits per heavy atom. The van der Waals surface area contributed by atoms with Crippen molar-refractivity contribution in [3.63, 3.8) is 0 Å². The van der Waals surface area contributed by atoms with E-state index in [1.165, 1.54) is 0 Å². The molecule has 0 saturated heterocycles. The molecule has 0 saturated carbocycles. The lowest BCUT2D eigenvalue weighted by molar-refractivity contribution is 0.0347. The van der Waals surface area contributed by atoms with Crippen LogP contribution in [0.15, 0.2) is 0 Å². The molecule has 0 aromatic heterocycles. The molecule has 0 aromatic carbocycles. The fourth-order valence-corrected chi connectivity index (χ4v) is 0.744. The minimum Gasteiger partial charge on any atom is -0.366 e. The standard InChI is InChI=1S/C8H19NO/c1-4-7-10-8-9(5-2)6-3/h4-8H2,1-3H3. The molecule has 0 unspecified atom stereocenters. The van der Waals surface area contributed by atoms with Gasteiger partial charge < -0.3 is 4.74 Å². The second kappa shape index (κ2) is 7.03. The SMILES string of the molecule is CCCOCN(CC)CC. The summed E-state index contributed by atoms with van der Waals surface area (Å²) in [5.74, 6) is 0. The van der Waals surface area contributed by atoms with Crippen molar-refractivity contribution in [1.82, 2.24) is 4.90 Å². The number of nitrogens with zero attached hydrogens (tertiary/aromatic N) is 1. The van der Waals surface area contributed by atoms with Crippen LogP contribution in [0.1, 0.15) is 27.2 Å². The Kier molecular flexibility index (Phi) is 6.98. The van der Waals surface area contributed by atoms with Gasteiger partial charge in [-0.25, -0.2) is 0 Å². The first-order chi connectivity index (χ1) is 4.85. The van der Waals surface area contributed by atoms with Gasteiger partial charge in [-0.15, -0.1) is 0 Å². The van der Waals surface area contributed by atoms with E-state index in [-0.39, 0.29) is 0 Å². The van der Waals surface area contributed by atoms with E-state index >= 15 is 0 Å². The van der Waals surface area contributed by atoms with E-state index in [0.29, 0.717) is 0 Å². The predicted octanol–water partition coefficient (Wildman–Crippen LogP) is 1.71. The first-order valence-electron chi connectivity index (χ1n) is 4.15. The first-order valence-corrected chi connectivity index (χ1v) is 4.15. The Bertz CT molecular complexity index is 62.3. The van der Waals surface area contributed by atoms with Crippen LogP contribution in [0.3, 0.4) is 0 Å². The predicted molar refractivity (Wildman–Crippen MR) is 44.0 cm³/mol. The highest BCUT2D eigenvalue weighted by atomic mass is 16.5. The molecule has 0 fully saturated rings. The largest absolute Gasteiger partial charge is 0.366 e. The van der Waals surface area contributed by atoms with E-state index in [4.69, 9.17) is 4.74 Å². The van der Waals surface area contributed by atoms with Crippen LogP contribution in [0, 0.1) is 0 Å². The van der Waals surface area contributed by atoms with Gasteiger partial charge in [-0.1, -0.05) is 20.8 Å². The van der Waals surface area contributed by atoms with E-state index in [9.17, 15) is 0 Å². The monoisotopic (exact) mass is 145 g/mol. The normalized spacial score (nSPS) is 10.8. The zero-order valence-corrected chi connectivity index (χ0v) is 7.39. The van der Waals surface area contributed by atoms with E-state index in [2.05, 4.69) is 25.7 Å². The highest BCUT2D eigenvalue weighted by Crippen LogP contribution is 1.88. The molecule has 0 aliphatic carbocycles. The van der Waals surface area contributed by atoms with Gasteiger partial charge in [0, 0.05) is 6.61 Å². The van der Waals surface area contributed by atoms with E-state index in [0.717, 1.165) is 32.8 Å². The lowest BCUT2D eigenvalue weighted by Gasteiger charge is -2.17. The van der Waals surface area contributed by atoms with Crippen LogP contribution in [-0.4, -0.2) is 31.3 Å². The Labute approximate surface area is 64.2 Å². The average Bonchev–Trinajstić information content (AvgIpc) is 1.99. The van der Waals surface area contributed by atoms with Crippen molar-refractivity contribution >= 4 is 0 Å². The smallest absolute Gasteiger partial charge is 0.0990 e. The molecule has 0 atom stereocenters. The zero-order valence-electron chi connectivity index (χ0n) is 7.39. The van der Waals surface area contributed by atoms with Gasteiger partial charge in [0.1, 0.15) is 0 Å². The Hall–Kier alpha value is -0.0800. The van der Waals surface area contributed by atoms with Gasteiger partial charge in [-0.05, 0) is 19.5 Å². The average molecular weight is 145 g/mol. The molecule has 0 rings (SSSR count). The van der Waals surface area contributed by atoms with Crippen LogP contribution in [0.2, 0.25) is 0 Å². The summed E-state index contributed by atoms with van der Waals surface area (Å²) in [6.07, 6.45) is 1.11. The van der Waals surface area contributed by atoms with Crippen molar-refractivity contribution in [2.75, 3.05) is 26.4 Å². The maximum atomic E-state index is 5.35. The second-order valence-corrected chi connectivity index (χ2v) is 2.34. The van der Waals surface area contributed by atoms with Gasteiger partial charge in [-0.3, -0.25) is 4.90 Å². The van der Waals surface area contributed by atoms with Crippen LogP contribution in [0.25, 0.3) is 0 Å². The Morgan fingerprint density at radius 2 is 1.70 bits per heavy atom. The summed E-state index contributed by atoms with van der Waals surface area (Å²) in [5, 5.41) is 0. The molecule has 2 nitrogen and oxygen atoms in total. The minimum absolute atomic E-state index is 0.792. The summed E-state index contributed by atoms with van der Waals surface area (Å²) in [7, 11) is 0. The maximum Gasteiger partial charge on any atom is 0.0990 e. The van der Waals surface area contributed by atoms with Gasteiger partial charge in [0.05, 0.1) is 6.73 Å². The van der Waals surface area contributed by atoms with Crippen molar-refractivity contribution in [3.05, 3.63) is 0 Å². The van der Waals surface area contributed by atoms with Gasteiger partial charge >= 0.3 is 0 Å². The van der Waals surface area contributed by atoms with E-state index in [1.807, 2.05) is 0 Å². The molecule has 0 N–H and O–H groups in total. The minimum atomic E-state index is 0.792. The highest BCUT2D eigenvalue weighted by molar-refractivity contribution is 4.42. The topological polar surface area (TPSA) is 12.5 Å². The summed E-state index contributed by atoms with van der Waals surface area (Å²) in [5.41, 5.74) is 0. The van der Waals surface area contributed by atoms with Crippen LogP contribution in [0.4, 0.5) is 0 Å². The van der Waals surface area contributed by atoms with Crippen molar-refractivity contribution in [2.24, 2.45) is 0 Å². The fourth-order valence-electron chi connectivity index (χ4n) is 0.744. The molecule has 0 bridgehead atoms. The summed E-state index contributed by atoms with van der Waals surface area (Å²) >= 11 is 0. The Morgan fingerprint density at radius 3 is 2.10 bits per heavy atom. The third-order valence-electron chi connectivity index (χ3n) is 1.52. The number of hydrogen-bond donors (Lipinski definition) is 0. The highest BCUT2D eigenvalue weighted by Gasteiger charge is 1.95. The molecule has 0 radical (unpaired) electrons. The molecule has 62 valence electrons. The fraction of sp³-hybridized carbons (Fsp3) is 1.00. The molecule has 0 amide bonds. The maximum absolute atomic E-state index is 5.35. The third kappa shape index (κ3) is 4.77. The van der Waals surface area contributed by atoms with Crippen LogP contribution in [0.5, 0.6) is 0 Å². The lowest BCUT2D eigenvalue weighted by Crippen LogP contribution is -2.25. The van der Waals surface area contributed by atoms with Gasteiger partial charge in [0.2, 0.25) is 0 Å². The summed E-state index contributed by atoms with van der Waals surface area (Å²) < 4.78 is 5.35. The van der Waals surface area contributed by atoms with Crippen molar-refractivity contribution in [3.8, 4) is 0 Å². The van der Waals surface area contributed by atoms with Gasteiger partial charge in [-0.2, -0.15) is 0 Å². The van der Waals surface area contributed by atoms with Crippen molar-refractivity contribution < 1.29 is 4.74 Å². The number of rotatable bonds is 6. The number of ether oxygens (including phenoxy) is 1. The molecular formula is C8H19NO. The molecule has 0 aromatic rings. The van der Waals surface area contributed by atoms with E-state index < -0.39 is 0 Å². The molecular weight excluding hydrogens is 126 g/mol. The van der Waals surface area contributed by atoms with Crippen molar-refractivity contribution in [1.29, 1.82) is 0 Å². The first kappa shape index (κ1) is 9.92. The molecule has 0 heterocycles. The van der Waals surface area contributed by atoms with Crippen LogP contribution in [-0.2, 0) is 4.74 Å². The lowest BCUT2D eigenvalue weighted by atomic mass is 10.5. The van der Waals surface area contributed by atoms with Crippen molar-refractivity contribution in [2.45, 2.75) is 27.2 Å². The quantitative estimate of drug-likeness (QED) is 0.417. The van der Waals surface area contributed by atoms with Crippen LogP contribution < -0.4 is 0 Å². The molecule has 0 spiro atoms. The third-order valence-corrected chi connectivity index (χ3v) is 1.52. The van der Waals surface area contributed by atoms with Gasteiger partial charge in [0.25, 0.3) is 0 Å². The number of hydrogen-bond acceptors (Lipinski definition) is 2. The zero-order chi connectivity index (χ0) is 7.82. The van der Waals surface area contributed by atoms with Crippen LogP contribution >= 0.6 is 0 Å².